The van der Waals surface area contributed by atoms with Crippen molar-refractivity contribution in [1.29, 1.82) is 0 Å². The van der Waals surface area contributed by atoms with Crippen molar-refractivity contribution in [2.75, 3.05) is 0 Å². The number of aliphatic hydroxyl groups excluding tert-OH is 2. The highest BCUT2D eigenvalue weighted by atomic mass is 16.4. The largest absolute Gasteiger partial charge is 0.481 e. The Balaban J connectivity index is 3.70. The molecule has 0 rings (SSSR count). The van der Waals surface area contributed by atoms with E-state index in [1.807, 2.05) is 43.4 Å². The molecule has 0 spiro atoms. The Morgan fingerprint density at radius 3 is 2.21 bits per heavy atom. The highest BCUT2D eigenvalue weighted by Crippen LogP contribution is 2.00. The lowest BCUT2D eigenvalue weighted by molar-refractivity contribution is -0.137. The number of carboxylic acid groups (broad SMARTS) is 1. The fourth-order valence-electron chi connectivity index (χ4n) is 1.77. The predicted molar refractivity (Wildman–Crippen MR) is 98.7 cm³/mol. The number of aliphatic carboxylic acids is 1. The molecule has 24 heavy (non-hydrogen) atoms. The number of hydrogen-bond donors (Lipinski definition) is 3. The lowest BCUT2D eigenvalue weighted by Gasteiger charge is -2.10. The zero-order valence-corrected chi connectivity index (χ0v) is 14.4. The van der Waals surface area contributed by atoms with Crippen LogP contribution in [0.25, 0.3) is 0 Å². The number of carbonyl (C=O) groups is 1. The Bertz CT molecular complexity index is 458. The van der Waals surface area contributed by atoms with Crippen molar-refractivity contribution in [2.24, 2.45) is 0 Å². The van der Waals surface area contributed by atoms with Crippen molar-refractivity contribution in [3.63, 3.8) is 0 Å². The summed E-state index contributed by atoms with van der Waals surface area (Å²) in [5.74, 6) is -0.741. The van der Waals surface area contributed by atoms with E-state index in [-0.39, 0.29) is 6.42 Å². The molecule has 2 atom stereocenters. The van der Waals surface area contributed by atoms with Crippen LogP contribution in [0.3, 0.4) is 0 Å². The molecule has 3 N–H and O–H groups in total. The third-order valence-electron chi connectivity index (χ3n) is 3.23. The van der Waals surface area contributed by atoms with E-state index < -0.39 is 18.2 Å². The molecule has 0 fully saturated rings. The van der Waals surface area contributed by atoms with Gasteiger partial charge in [0.2, 0.25) is 0 Å². The number of allylic oxidation sites excluding steroid dienone is 9. The van der Waals surface area contributed by atoms with E-state index in [2.05, 4.69) is 12.2 Å². The molecule has 0 bridgehead atoms. The third kappa shape index (κ3) is 15.0. The van der Waals surface area contributed by atoms with Crippen LogP contribution in [0.5, 0.6) is 0 Å². The second-order valence-electron chi connectivity index (χ2n) is 5.36. The first-order valence-electron chi connectivity index (χ1n) is 8.45. The number of rotatable bonds is 13. The monoisotopic (exact) mass is 334 g/mol. The summed E-state index contributed by atoms with van der Waals surface area (Å²) in [6.45, 7) is 1.82. The SMILES string of the molecule is CCC(O)C(O)/C=C/C=C/C=C\C/C=C\C/C=C\CCCC(=O)O. The topological polar surface area (TPSA) is 77.8 Å². The smallest absolute Gasteiger partial charge is 0.303 e. The number of carboxylic acids is 1. The second kappa shape index (κ2) is 16.0. The molecular formula is C20H30O4. The molecule has 134 valence electrons. The molecule has 0 amide bonds. The Morgan fingerprint density at radius 1 is 0.917 bits per heavy atom. The van der Waals surface area contributed by atoms with Crippen molar-refractivity contribution < 1.29 is 20.1 Å². The molecule has 0 aromatic carbocycles. The summed E-state index contributed by atoms with van der Waals surface area (Å²) in [6.07, 6.45) is 21.6. The average molecular weight is 334 g/mol. The normalized spacial score (nSPS) is 15.5. The second-order valence-corrected chi connectivity index (χ2v) is 5.36. The van der Waals surface area contributed by atoms with Gasteiger partial charge in [-0.3, -0.25) is 4.79 Å². The number of aliphatic hydroxyl groups is 2. The summed E-state index contributed by atoms with van der Waals surface area (Å²) >= 11 is 0. The van der Waals surface area contributed by atoms with Crippen molar-refractivity contribution in [3.8, 4) is 0 Å². The van der Waals surface area contributed by atoms with Gasteiger partial charge in [0.05, 0.1) is 12.2 Å². The van der Waals surface area contributed by atoms with Crippen molar-refractivity contribution in [2.45, 2.75) is 57.7 Å². The quantitative estimate of drug-likeness (QED) is 0.271. The van der Waals surface area contributed by atoms with Crippen LogP contribution in [0.4, 0.5) is 0 Å². The first kappa shape index (κ1) is 22.1. The van der Waals surface area contributed by atoms with Crippen molar-refractivity contribution in [1.82, 2.24) is 0 Å². The van der Waals surface area contributed by atoms with Crippen LogP contribution in [0.2, 0.25) is 0 Å². The van der Waals surface area contributed by atoms with E-state index >= 15 is 0 Å². The summed E-state index contributed by atoms with van der Waals surface area (Å²) in [4.78, 5) is 10.3. The van der Waals surface area contributed by atoms with Crippen LogP contribution in [0.1, 0.15) is 45.4 Å². The molecule has 0 aromatic rings. The molecule has 0 heterocycles. The van der Waals surface area contributed by atoms with Gasteiger partial charge in [-0.2, -0.15) is 0 Å². The van der Waals surface area contributed by atoms with E-state index in [1.54, 1.807) is 12.2 Å². The van der Waals surface area contributed by atoms with Crippen LogP contribution in [-0.4, -0.2) is 33.5 Å². The van der Waals surface area contributed by atoms with Crippen LogP contribution in [0, 0.1) is 0 Å². The molecule has 4 heteroatoms. The van der Waals surface area contributed by atoms with Crippen LogP contribution in [0.15, 0.2) is 60.8 Å². The maximum absolute atomic E-state index is 10.3. The van der Waals surface area contributed by atoms with Gasteiger partial charge in [0.25, 0.3) is 0 Å². The van der Waals surface area contributed by atoms with Gasteiger partial charge in [-0.05, 0) is 32.1 Å². The third-order valence-corrected chi connectivity index (χ3v) is 3.23. The highest BCUT2D eigenvalue weighted by Gasteiger charge is 2.08. The van der Waals surface area contributed by atoms with E-state index in [4.69, 9.17) is 5.11 Å². The molecule has 0 saturated carbocycles. The Labute approximate surface area is 145 Å². The van der Waals surface area contributed by atoms with E-state index in [9.17, 15) is 15.0 Å². The lowest BCUT2D eigenvalue weighted by Crippen LogP contribution is -2.22. The predicted octanol–water partition coefficient (Wildman–Crippen LogP) is 3.93. The zero-order chi connectivity index (χ0) is 18.0. The summed E-state index contributed by atoms with van der Waals surface area (Å²) in [5, 5.41) is 27.4. The summed E-state index contributed by atoms with van der Waals surface area (Å²) in [5.41, 5.74) is 0. The maximum atomic E-state index is 10.3. The van der Waals surface area contributed by atoms with Gasteiger partial charge in [0.1, 0.15) is 0 Å². The van der Waals surface area contributed by atoms with E-state index in [0.29, 0.717) is 12.8 Å². The first-order valence-corrected chi connectivity index (χ1v) is 8.45. The number of unbranched alkanes of at least 4 members (excludes halogenated alkanes) is 1. The molecule has 0 aliphatic carbocycles. The summed E-state index contributed by atoms with van der Waals surface area (Å²) in [6, 6.07) is 0. The fraction of sp³-hybridized carbons (Fsp3) is 0.450. The number of hydrogen-bond acceptors (Lipinski definition) is 3. The van der Waals surface area contributed by atoms with Crippen LogP contribution in [-0.2, 0) is 4.79 Å². The van der Waals surface area contributed by atoms with E-state index in [1.165, 1.54) is 0 Å². The highest BCUT2D eigenvalue weighted by molar-refractivity contribution is 5.66. The molecule has 4 nitrogen and oxygen atoms in total. The van der Waals surface area contributed by atoms with Crippen molar-refractivity contribution in [3.05, 3.63) is 60.8 Å². The minimum atomic E-state index is -0.816. The van der Waals surface area contributed by atoms with Crippen molar-refractivity contribution >= 4 is 5.97 Å². The van der Waals surface area contributed by atoms with Gasteiger partial charge in [-0.1, -0.05) is 67.7 Å². The molecule has 0 radical (unpaired) electrons. The molecule has 0 aliphatic rings. The first-order chi connectivity index (χ1) is 11.6. The van der Waals surface area contributed by atoms with Gasteiger partial charge in [-0.15, -0.1) is 0 Å². The molecule has 2 unspecified atom stereocenters. The Morgan fingerprint density at radius 2 is 1.54 bits per heavy atom. The van der Waals surface area contributed by atoms with Gasteiger partial charge >= 0.3 is 5.97 Å². The molecular weight excluding hydrogens is 304 g/mol. The van der Waals surface area contributed by atoms with Crippen LogP contribution < -0.4 is 0 Å². The van der Waals surface area contributed by atoms with E-state index in [0.717, 1.165) is 19.3 Å². The Kier molecular flexibility index (Phi) is 14.7. The Hall–Kier alpha value is -1.91. The summed E-state index contributed by atoms with van der Waals surface area (Å²) < 4.78 is 0. The maximum Gasteiger partial charge on any atom is 0.303 e. The minimum Gasteiger partial charge on any atom is -0.481 e. The lowest BCUT2D eigenvalue weighted by atomic mass is 10.1. The molecule has 0 saturated heterocycles. The average Bonchev–Trinajstić information content (AvgIpc) is 2.57. The van der Waals surface area contributed by atoms with Gasteiger partial charge in [0, 0.05) is 6.42 Å². The molecule has 0 aromatic heterocycles. The summed E-state index contributed by atoms with van der Waals surface area (Å²) in [7, 11) is 0. The molecule has 0 aliphatic heterocycles. The van der Waals surface area contributed by atoms with Gasteiger partial charge in [-0.25, -0.2) is 0 Å². The van der Waals surface area contributed by atoms with Gasteiger partial charge < -0.3 is 15.3 Å². The fourth-order valence-corrected chi connectivity index (χ4v) is 1.77. The zero-order valence-electron chi connectivity index (χ0n) is 14.4. The van der Waals surface area contributed by atoms with Crippen LogP contribution >= 0.6 is 0 Å². The minimum absolute atomic E-state index is 0.228. The van der Waals surface area contributed by atoms with Gasteiger partial charge in [0.15, 0.2) is 0 Å². The standard InChI is InChI=1S/C20H30O4/c1-2-18(21)19(22)16-14-12-10-8-6-4-3-5-7-9-11-13-15-17-20(23)24/h3,5-6,8-12,14,16,18-19,21-22H,2,4,7,13,15,17H2,1H3,(H,23,24)/b5-3-,8-6-,11-9-,12-10+,16-14+.